The Morgan fingerprint density at radius 3 is 2.40 bits per heavy atom. The van der Waals surface area contributed by atoms with Crippen LogP contribution >= 0.6 is 11.6 Å². The van der Waals surface area contributed by atoms with E-state index in [2.05, 4.69) is 5.32 Å². The second-order valence-electron chi connectivity index (χ2n) is 6.07. The van der Waals surface area contributed by atoms with Crippen LogP contribution in [-0.2, 0) is 4.79 Å². The Kier molecular flexibility index (Phi) is 6.04. The SMILES string of the molecule is Cc1cc(Cl)c(C(C)C)cc1OCC(=O)Nc1ccc(C(N)=O)cc1. The van der Waals surface area contributed by atoms with Gasteiger partial charge >= 0.3 is 0 Å². The molecule has 2 aromatic carbocycles. The van der Waals surface area contributed by atoms with Crippen molar-refractivity contribution in [2.24, 2.45) is 5.73 Å². The van der Waals surface area contributed by atoms with Crippen molar-refractivity contribution in [3.05, 3.63) is 58.1 Å². The molecule has 0 radical (unpaired) electrons. The molecular weight excluding hydrogens is 340 g/mol. The van der Waals surface area contributed by atoms with Gasteiger partial charge in [0.1, 0.15) is 5.75 Å². The molecule has 0 saturated heterocycles. The number of aryl methyl sites for hydroxylation is 1. The molecule has 0 atom stereocenters. The first-order chi connectivity index (χ1) is 11.8. The largest absolute Gasteiger partial charge is 0.483 e. The fraction of sp³-hybridized carbons (Fsp3) is 0.263. The predicted octanol–water partition coefficient (Wildman–Crippen LogP) is 3.89. The third-order valence-electron chi connectivity index (χ3n) is 3.73. The van der Waals surface area contributed by atoms with Crippen LogP contribution < -0.4 is 15.8 Å². The van der Waals surface area contributed by atoms with E-state index in [1.807, 2.05) is 32.9 Å². The zero-order valence-electron chi connectivity index (χ0n) is 14.4. The molecule has 3 N–H and O–H groups in total. The molecule has 6 heteroatoms. The first kappa shape index (κ1) is 18.8. The van der Waals surface area contributed by atoms with Gasteiger partial charge in [0.15, 0.2) is 6.61 Å². The number of nitrogens with one attached hydrogen (secondary N) is 1. The Labute approximate surface area is 152 Å². The lowest BCUT2D eigenvalue weighted by Crippen LogP contribution is -2.20. The predicted molar refractivity (Wildman–Crippen MR) is 99.4 cm³/mol. The van der Waals surface area contributed by atoms with Gasteiger partial charge in [-0.2, -0.15) is 0 Å². The fourth-order valence-corrected chi connectivity index (χ4v) is 2.76. The molecule has 132 valence electrons. The number of ether oxygens (including phenoxy) is 1. The van der Waals surface area contributed by atoms with E-state index in [9.17, 15) is 9.59 Å². The Morgan fingerprint density at radius 1 is 1.20 bits per heavy atom. The maximum atomic E-state index is 12.0. The van der Waals surface area contributed by atoms with Crippen LogP contribution in [0.25, 0.3) is 0 Å². The summed E-state index contributed by atoms with van der Waals surface area (Å²) in [5.41, 5.74) is 7.97. The lowest BCUT2D eigenvalue weighted by atomic mass is 10.0. The molecule has 2 aromatic rings. The molecule has 0 aromatic heterocycles. The Morgan fingerprint density at radius 2 is 1.84 bits per heavy atom. The Balaban J connectivity index is 2.00. The third-order valence-corrected chi connectivity index (χ3v) is 4.06. The van der Waals surface area contributed by atoms with Crippen LogP contribution in [0.3, 0.4) is 0 Å². The maximum Gasteiger partial charge on any atom is 0.262 e. The van der Waals surface area contributed by atoms with Crippen LogP contribution in [0.15, 0.2) is 36.4 Å². The maximum absolute atomic E-state index is 12.0. The summed E-state index contributed by atoms with van der Waals surface area (Å²) in [6.45, 7) is 5.84. The molecule has 0 aliphatic heterocycles. The monoisotopic (exact) mass is 360 g/mol. The van der Waals surface area contributed by atoms with Gasteiger partial charge in [0.2, 0.25) is 5.91 Å². The van der Waals surface area contributed by atoms with Crippen LogP contribution in [0.2, 0.25) is 5.02 Å². The molecule has 2 rings (SSSR count). The minimum Gasteiger partial charge on any atom is -0.483 e. The van der Waals surface area contributed by atoms with Gasteiger partial charge in [-0.3, -0.25) is 9.59 Å². The van der Waals surface area contributed by atoms with Crippen LogP contribution in [-0.4, -0.2) is 18.4 Å². The highest BCUT2D eigenvalue weighted by molar-refractivity contribution is 6.31. The highest BCUT2D eigenvalue weighted by Gasteiger charge is 2.12. The zero-order chi connectivity index (χ0) is 18.6. The number of amides is 2. The van der Waals surface area contributed by atoms with Gasteiger partial charge in [0, 0.05) is 16.3 Å². The highest BCUT2D eigenvalue weighted by atomic mass is 35.5. The second-order valence-corrected chi connectivity index (χ2v) is 6.48. The quantitative estimate of drug-likeness (QED) is 0.819. The molecule has 2 amide bonds. The topological polar surface area (TPSA) is 81.4 Å². The van der Waals surface area contributed by atoms with Gasteiger partial charge in [-0.05, 0) is 60.4 Å². The van der Waals surface area contributed by atoms with Crippen molar-refractivity contribution in [2.75, 3.05) is 11.9 Å². The van der Waals surface area contributed by atoms with Crippen molar-refractivity contribution < 1.29 is 14.3 Å². The summed E-state index contributed by atoms with van der Waals surface area (Å²) in [5, 5.41) is 3.40. The second kappa shape index (κ2) is 8.03. The van der Waals surface area contributed by atoms with Crippen molar-refractivity contribution in [3.63, 3.8) is 0 Å². The van der Waals surface area contributed by atoms with E-state index >= 15 is 0 Å². The summed E-state index contributed by atoms with van der Waals surface area (Å²) < 4.78 is 5.63. The molecule has 0 spiro atoms. The zero-order valence-corrected chi connectivity index (χ0v) is 15.2. The van der Waals surface area contributed by atoms with E-state index in [1.54, 1.807) is 24.3 Å². The number of nitrogens with two attached hydrogens (primary N) is 1. The molecule has 0 fully saturated rings. The molecule has 0 aliphatic carbocycles. The number of rotatable bonds is 6. The van der Waals surface area contributed by atoms with E-state index in [4.69, 9.17) is 22.1 Å². The van der Waals surface area contributed by atoms with E-state index in [0.29, 0.717) is 22.0 Å². The summed E-state index contributed by atoms with van der Waals surface area (Å²) in [5.74, 6) is 0.0769. The van der Waals surface area contributed by atoms with E-state index in [-0.39, 0.29) is 18.4 Å². The first-order valence-electron chi connectivity index (χ1n) is 7.90. The van der Waals surface area contributed by atoms with Gasteiger partial charge in [-0.15, -0.1) is 0 Å². The van der Waals surface area contributed by atoms with Gasteiger partial charge in [-0.1, -0.05) is 25.4 Å². The van der Waals surface area contributed by atoms with Crippen LogP contribution in [0.1, 0.15) is 41.3 Å². The van der Waals surface area contributed by atoms with Gasteiger partial charge < -0.3 is 15.8 Å². The Hall–Kier alpha value is -2.53. The molecular formula is C19H21ClN2O3. The summed E-state index contributed by atoms with van der Waals surface area (Å²) >= 11 is 6.23. The van der Waals surface area contributed by atoms with Crippen molar-refractivity contribution in [2.45, 2.75) is 26.7 Å². The number of carbonyl (C=O) groups is 2. The smallest absolute Gasteiger partial charge is 0.262 e. The molecule has 0 aliphatic rings. The van der Waals surface area contributed by atoms with Crippen molar-refractivity contribution in [1.29, 1.82) is 0 Å². The number of hydrogen-bond donors (Lipinski definition) is 2. The fourth-order valence-electron chi connectivity index (χ4n) is 2.32. The van der Waals surface area contributed by atoms with Crippen molar-refractivity contribution in [1.82, 2.24) is 0 Å². The normalized spacial score (nSPS) is 10.6. The van der Waals surface area contributed by atoms with Crippen molar-refractivity contribution in [3.8, 4) is 5.75 Å². The lowest BCUT2D eigenvalue weighted by Gasteiger charge is -2.14. The van der Waals surface area contributed by atoms with Crippen LogP contribution in [0.4, 0.5) is 5.69 Å². The Bertz CT molecular complexity index is 786. The minimum absolute atomic E-state index is 0.127. The number of halogens is 1. The van der Waals surface area contributed by atoms with E-state index < -0.39 is 5.91 Å². The number of primary amides is 1. The van der Waals surface area contributed by atoms with Crippen molar-refractivity contribution >= 4 is 29.1 Å². The molecule has 5 nitrogen and oxygen atoms in total. The molecule has 0 saturated carbocycles. The number of anilines is 1. The van der Waals surface area contributed by atoms with E-state index in [1.165, 1.54) is 0 Å². The summed E-state index contributed by atoms with van der Waals surface area (Å²) in [7, 11) is 0. The minimum atomic E-state index is -0.514. The number of hydrogen-bond acceptors (Lipinski definition) is 3. The van der Waals surface area contributed by atoms with E-state index in [0.717, 1.165) is 11.1 Å². The molecule has 25 heavy (non-hydrogen) atoms. The average molecular weight is 361 g/mol. The van der Waals surface area contributed by atoms with Crippen LogP contribution in [0, 0.1) is 6.92 Å². The summed E-state index contributed by atoms with van der Waals surface area (Å²) in [4.78, 5) is 23.1. The highest BCUT2D eigenvalue weighted by Crippen LogP contribution is 2.31. The summed E-state index contributed by atoms with van der Waals surface area (Å²) in [6.07, 6.45) is 0. The lowest BCUT2D eigenvalue weighted by molar-refractivity contribution is -0.118. The standard InChI is InChI=1S/C19H21ClN2O3/c1-11(2)15-9-17(12(3)8-16(15)20)25-10-18(23)22-14-6-4-13(5-7-14)19(21)24/h4-9,11H,10H2,1-3H3,(H2,21,24)(H,22,23). The molecule has 0 bridgehead atoms. The summed E-state index contributed by atoms with van der Waals surface area (Å²) in [6, 6.07) is 10.0. The van der Waals surface area contributed by atoms with Crippen LogP contribution in [0.5, 0.6) is 5.75 Å². The average Bonchev–Trinajstić information content (AvgIpc) is 2.54. The molecule has 0 unspecified atom stereocenters. The molecule has 0 heterocycles. The third kappa shape index (κ3) is 4.97. The number of benzene rings is 2. The van der Waals surface area contributed by atoms with Gasteiger partial charge in [0.25, 0.3) is 5.91 Å². The number of carbonyl (C=O) groups excluding carboxylic acids is 2. The van der Waals surface area contributed by atoms with Gasteiger partial charge in [0.05, 0.1) is 0 Å². The van der Waals surface area contributed by atoms with Gasteiger partial charge in [-0.25, -0.2) is 0 Å². The first-order valence-corrected chi connectivity index (χ1v) is 8.28.